The number of nitrogens with zero attached hydrogens (tertiary/aromatic N) is 7. The molecule has 0 unspecified atom stereocenters. The molecular formula is C39H43F3N8O3. The number of aromatic nitrogens is 4. The van der Waals surface area contributed by atoms with E-state index in [-0.39, 0.29) is 28.4 Å². The average molecular weight is 729 g/mol. The van der Waals surface area contributed by atoms with E-state index in [1.807, 2.05) is 24.0 Å². The minimum absolute atomic E-state index is 0.0384. The van der Waals surface area contributed by atoms with Crippen LogP contribution in [0.3, 0.4) is 0 Å². The second kappa shape index (κ2) is 11.8. The molecule has 10 rings (SSSR count). The summed E-state index contributed by atoms with van der Waals surface area (Å²) in [5.74, 6) is 1.57. The van der Waals surface area contributed by atoms with Gasteiger partial charge in [0.2, 0.25) is 11.9 Å². The first-order valence-corrected chi connectivity index (χ1v) is 18.8. The van der Waals surface area contributed by atoms with E-state index in [1.165, 1.54) is 6.08 Å². The second-order valence-corrected chi connectivity index (χ2v) is 16.5. The van der Waals surface area contributed by atoms with Crippen molar-refractivity contribution >= 4 is 39.5 Å². The number of nitrogens with one attached hydrogen (secondary N) is 1. The van der Waals surface area contributed by atoms with Gasteiger partial charge in [0.25, 0.3) is 0 Å². The number of rotatable bonds is 8. The summed E-state index contributed by atoms with van der Waals surface area (Å²) in [6.45, 7) is 12.2. The molecular weight excluding hydrogens is 685 g/mol. The van der Waals surface area contributed by atoms with E-state index in [4.69, 9.17) is 19.4 Å². The fraction of sp³-hybridized carbons (Fsp3) is 0.538. The predicted molar refractivity (Wildman–Crippen MR) is 194 cm³/mol. The number of fused-ring (bicyclic) bond motifs is 2. The Labute approximate surface area is 305 Å². The molecule has 278 valence electrons. The Morgan fingerprint density at radius 1 is 1.02 bits per heavy atom. The highest BCUT2D eigenvalue weighted by atomic mass is 19.4. The molecule has 53 heavy (non-hydrogen) atoms. The molecule has 0 bridgehead atoms. The molecule has 1 saturated carbocycles. The number of hydrogen-bond donors (Lipinski definition) is 1. The van der Waals surface area contributed by atoms with Crippen molar-refractivity contribution in [2.24, 2.45) is 10.8 Å². The molecule has 1 aliphatic carbocycles. The summed E-state index contributed by atoms with van der Waals surface area (Å²) < 4.78 is 53.7. The number of likely N-dealkylation sites (tertiary alicyclic amines) is 2. The first-order valence-electron chi connectivity index (χ1n) is 18.8. The number of carbonyl (C=O) groups excluding carboxylic acids is 1. The summed E-state index contributed by atoms with van der Waals surface area (Å²) in [5, 5.41) is 8.90. The normalized spacial score (nSPS) is 22.5. The van der Waals surface area contributed by atoms with Crippen LogP contribution < -0.4 is 14.5 Å². The van der Waals surface area contributed by atoms with E-state index in [1.54, 1.807) is 6.20 Å². The first kappa shape index (κ1) is 33.2. The average Bonchev–Trinajstić information content (AvgIpc) is 3.80. The Morgan fingerprint density at radius 2 is 1.77 bits per heavy atom. The van der Waals surface area contributed by atoms with Gasteiger partial charge in [-0.25, -0.2) is 4.98 Å². The van der Waals surface area contributed by atoms with E-state index in [9.17, 15) is 18.0 Å². The summed E-state index contributed by atoms with van der Waals surface area (Å²) in [6.07, 6.45) is 2.22. The van der Waals surface area contributed by atoms with E-state index in [0.29, 0.717) is 36.2 Å². The summed E-state index contributed by atoms with van der Waals surface area (Å²) in [5.41, 5.74) is 4.80. The van der Waals surface area contributed by atoms with E-state index >= 15 is 0 Å². The standard InChI is InChI=1S/C39H43F3N8O3/c1-3-30(51)49-16-37(17-49)8-10-47(11-9-37)35-27-12-26(24-5-6-24)32(31-23(2)4-7-29-28(31)13-43-46-29)34(53-22-39(40,41)42)33(27)44-36(45-35)50-20-38(21-50)18-48(19-38)25-14-52-15-25/h3-4,7,12-13,24-25H,1,5-6,8-11,14-22H2,2H3,(H,43,46). The number of aromatic amines is 1. The van der Waals surface area contributed by atoms with Crippen LogP contribution in [0.15, 0.2) is 37.1 Å². The lowest BCUT2D eigenvalue weighted by Gasteiger charge is -2.62. The number of alkyl halides is 3. The summed E-state index contributed by atoms with van der Waals surface area (Å²) in [7, 11) is 0. The monoisotopic (exact) mass is 728 g/mol. The zero-order chi connectivity index (χ0) is 36.3. The van der Waals surface area contributed by atoms with Gasteiger partial charge in [-0.15, -0.1) is 0 Å². The number of hydrogen-bond acceptors (Lipinski definition) is 9. The van der Waals surface area contributed by atoms with Crippen LogP contribution in [0.2, 0.25) is 0 Å². The first-order chi connectivity index (χ1) is 25.5. The molecule has 14 heteroatoms. The Hall–Kier alpha value is -4.43. The van der Waals surface area contributed by atoms with Crippen molar-refractivity contribution in [3.8, 4) is 16.9 Å². The lowest BCUT2D eigenvalue weighted by atomic mass is 9.72. The van der Waals surface area contributed by atoms with Crippen LogP contribution in [0.4, 0.5) is 24.9 Å². The number of anilines is 2. The molecule has 6 aliphatic rings. The highest BCUT2D eigenvalue weighted by Crippen LogP contribution is 2.54. The van der Waals surface area contributed by atoms with Gasteiger partial charge in [0, 0.05) is 79.5 Å². The lowest BCUT2D eigenvalue weighted by Crippen LogP contribution is -2.75. The summed E-state index contributed by atoms with van der Waals surface area (Å²) >= 11 is 0. The van der Waals surface area contributed by atoms with Gasteiger partial charge < -0.3 is 24.2 Å². The molecule has 7 heterocycles. The number of carbonyl (C=O) groups is 1. The molecule has 5 aliphatic heterocycles. The highest BCUT2D eigenvalue weighted by Gasteiger charge is 2.55. The van der Waals surface area contributed by atoms with Gasteiger partial charge in [0.1, 0.15) is 11.3 Å². The fourth-order valence-corrected chi connectivity index (χ4v) is 9.51. The number of piperidine rings is 1. The molecule has 5 saturated heterocycles. The van der Waals surface area contributed by atoms with Crippen molar-refractivity contribution in [2.45, 2.75) is 50.7 Å². The minimum Gasteiger partial charge on any atom is -0.481 e. The van der Waals surface area contributed by atoms with Crippen molar-refractivity contribution in [3.63, 3.8) is 0 Å². The van der Waals surface area contributed by atoms with E-state index in [0.717, 1.165) is 117 Å². The zero-order valence-electron chi connectivity index (χ0n) is 29.8. The lowest BCUT2D eigenvalue weighted by molar-refractivity contribution is -0.153. The van der Waals surface area contributed by atoms with Gasteiger partial charge in [0.15, 0.2) is 12.4 Å². The number of aryl methyl sites for hydroxylation is 1. The number of benzene rings is 2. The van der Waals surface area contributed by atoms with Crippen molar-refractivity contribution in [1.82, 2.24) is 30.0 Å². The van der Waals surface area contributed by atoms with Gasteiger partial charge in [-0.2, -0.15) is 23.3 Å². The number of halogens is 3. The molecule has 11 nitrogen and oxygen atoms in total. The third kappa shape index (κ3) is 5.54. The van der Waals surface area contributed by atoms with Gasteiger partial charge >= 0.3 is 6.18 Å². The van der Waals surface area contributed by atoms with Gasteiger partial charge in [-0.05, 0) is 73.4 Å². The van der Waals surface area contributed by atoms with Gasteiger partial charge in [0.05, 0.1) is 31.0 Å². The third-order valence-corrected chi connectivity index (χ3v) is 12.6. The topological polar surface area (TPSA) is 103 Å². The summed E-state index contributed by atoms with van der Waals surface area (Å²) in [6, 6.07) is 6.56. The number of amides is 1. The molecule has 0 radical (unpaired) electrons. The van der Waals surface area contributed by atoms with Crippen LogP contribution in [-0.2, 0) is 9.53 Å². The molecule has 1 N–H and O–H groups in total. The molecule has 4 aromatic rings. The highest BCUT2D eigenvalue weighted by molar-refractivity contribution is 6.06. The van der Waals surface area contributed by atoms with Gasteiger partial charge in [-0.1, -0.05) is 12.6 Å². The largest absolute Gasteiger partial charge is 0.481 e. The van der Waals surface area contributed by atoms with Crippen molar-refractivity contribution < 1.29 is 27.4 Å². The molecule has 2 spiro atoms. The SMILES string of the molecule is C=CC(=O)N1CC2(CCN(c3nc(N4CC5(C4)CN(C4COC4)C5)nc4c(OCC(F)(F)F)c(-c5c(C)ccc6[nH]ncc56)c(C5CC5)cc34)CC2)C1. The smallest absolute Gasteiger partial charge is 0.422 e. The maximum absolute atomic E-state index is 14.1. The van der Waals surface area contributed by atoms with E-state index < -0.39 is 12.8 Å². The molecule has 2 aromatic carbocycles. The Kier molecular flexibility index (Phi) is 7.37. The van der Waals surface area contributed by atoms with Crippen LogP contribution in [0, 0.1) is 17.8 Å². The molecule has 1 amide bonds. The van der Waals surface area contributed by atoms with Gasteiger partial charge in [-0.3, -0.25) is 14.8 Å². The maximum Gasteiger partial charge on any atom is 0.422 e. The second-order valence-electron chi connectivity index (χ2n) is 16.5. The Bertz CT molecular complexity index is 2130. The van der Waals surface area contributed by atoms with Crippen LogP contribution in [0.5, 0.6) is 5.75 Å². The molecule has 2 aromatic heterocycles. The van der Waals surface area contributed by atoms with Crippen LogP contribution in [-0.4, -0.2) is 120 Å². The molecule has 6 fully saturated rings. The Balaban J connectivity index is 1.10. The van der Waals surface area contributed by atoms with Crippen molar-refractivity contribution in [1.29, 1.82) is 0 Å². The quantitative estimate of drug-likeness (QED) is 0.238. The zero-order valence-corrected chi connectivity index (χ0v) is 29.8. The third-order valence-electron chi connectivity index (χ3n) is 12.6. The van der Waals surface area contributed by atoms with E-state index in [2.05, 4.69) is 37.5 Å². The van der Waals surface area contributed by atoms with Crippen LogP contribution in [0.25, 0.3) is 32.9 Å². The summed E-state index contributed by atoms with van der Waals surface area (Å²) in [4.78, 5) is 31.4. The van der Waals surface area contributed by atoms with Crippen molar-refractivity contribution in [3.05, 3.63) is 48.2 Å². The minimum atomic E-state index is -4.55. The number of ether oxygens (including phenoxy) is 2. The van der Waals surface area contributed by atoms with Crippen LogP contribution in [0.1, 0.15) is 42.7 Å². The number of H-pyrrole nitrogens is 1. The van der Waals surface area contributed by atoms with Crippen molar-refractivity contribution in [2.75, 3.05) is 82.0 Å². The maximum atomic E-state index is 14.1. The molecule has 0 atom stereocenters. The Morgan fingerprint density at radius 3 is 2.43 bits per heavy atom. The predicted octanol–water partition coefficient (Wildman–Crippen LogP) is 5.44. The fourth-order valence-electron chi connectivity index (χ4n) is 9.51. The van der Waals surface area contributed by atoms with Crippen LogP contribution >= 0.6 is 0 Å².